The van der Waals surface area contributed by atoms with Crippen molar-refractivity contribution < 1.29 is 28.6 Å². The van der Waals surface area contributed by atoms with Crippen LogP contribution in [0.3, 0.4) is 0 Å². The van der Waals surface area contributed by atoms with Crippen LogP contribution in [0.4, 0.5) is 0 Å². The smallest absolute Gasteiger partial charge is 0.306 e. The summed E-state index contributed by atoms with van der Waals surface area (Å²) >= 11 is 0. The molecule has 0 heterocycles. The first-order valence-corrected chi connectivity index (χ1v) is 32.8. The number of esters is 3. The van der Waals surface area contributed by atoms with Gasteiger partial charge in [0.15, 0.2) is 6.10 Å². The van der Waals surface area contributed by atoms with E-state index in [2.05, 4.69) is 81.5 Å². The summed E-state index contributed by atoms with van der Waals surface area (Å²) in [6, 6.07) is 0. The second kappa shape index (κ2) is 63.6. The van der Waals surface area contributed by atoms with Gasteiger partial charge in [0.05, 0.1) is 0 Å². The normalized spacial score (nSPS) is 12.4. The summed E-state index contributed by atoms with van der Waals surface area (Å²) in [5, 5.41) is 0. The highest BCUT2D eigenvalue weighted by Crippen LogP contribution is 2.17. The van der Waals surface area contributed by atoms with Crippen molar-refractivity contribution in [2.24, 2.45) is 0 Å². The lowest BCUT2D eigenvalue weighted by atomic mass is 10.0. The number of rotatable bonds is 60. The quantitative estimate of drug-likeness (QED) is 0.0261. The molecule has 0 aliphatic rings. The molecule has 0 fully saturated rings. The van der Waals surface area contributed by atoms with Gasteiger partial charge in [0.1, 0.15) is 13.2 Å². The molecule has 0 spiro atoms. The molecule has 1 atom stereocenters. The monoisotopic (exact) mass is 1050 g/mol. The Balaban J connectivity index is 4.18. The molecule has 0 saturated carbocycles. The third kappa shape index (κ3) is 61.8. The predicted molar refractivity (Wildman–Crippen MR) is 325 cm³/mol. The topological polar surface area (TPSA) is 78.9 Å². The van der Waals surface area contributed by atoms with E-state index in [-0.39, 0.29) is 31.1 Å². The zero-order valence-corrected chi connectivity index (χ0v) is 50.1. The van der Waals surface area contributed by atoms with E-state index < -0.39 is 6.10 Å². The Kier molecular flexibility index (Phi) is 61.2. The van der Waals surface area contributed by atoms with Gasteiger partial charge >= 0.3 is 17.9 Å². The summed E-state index contributed by atoms with van der Waals surface area (Å²) in [5.41, 5.74) is 0. The molecule has 6 nitrogen and oxygen atoms in total. The third-order valence-corrected chi connectivity index (χ3v) is 14.5. The van der Waals surface area contributed by atoms with Gasteiger partial charge in [-0.15, -0.1) is 0 Å². The number of hydrogen-bond acceptors (Lipinski definition) is 6. The molecule has 0 bridgehead atoms. The van der Waals surface area contributed by atoms with Gasteiger partial charge in [-0.05, 0) is 89.9 Å². The zero-order chi connectivity index (χ0) is 54.3. The Morgan fingerprint density at radius 2 is 0.480 bits per heavy atom. The van der Waals surface area contributed by atoms with Gasteiger partial charge in [-0.3, -0.25) is 14.4 Å². The molecule has 0 saturated heterocycles. The van der Waals surface area contributed by atoms with Crippen LogP contribution in [0.25, 0.3) is 0 Å². The van der Waals surface area contributed by atoms with Gasteiger partial charge in [-0.25, -0.2) is 0 Å². The second-order valence-corrected chi connectivity index (χ2v) is 22.0. The second-order valence-electron chi connectivity index (χ2n) is 22.0. The van der Waals surface area contributed by atoms with E-state index in [4.69, 9.17) is 14.2 Å². The lowest BCUT2D eigenvalue weighted by Crippen LogP contribution is -2.30. The van der Waals surface area contributed by atoms with Crippen LogP contribution >= 0.6 is 0 Å². The van der Waals surface area contributed by atoms with E-state index in [1.807, 2.05) is 0 Å². The van der Waals surface area contributed by atoms with E-state index >= 15 is 0 Å². The fourth-order valence-corrected chi connectivity index (χ4v) is 9.54. The highest BCUT2D eigenvalue weighted by atomic mass is 16.6. The van der Waals surface area contributed by atoms with Crippen LogP contribution in [-0.2, 0) is 28.6 Å². The minimum absolute atomic E-state index is 0.0733. The molecule has 0 aliphatic carbocycles. The average Bonchev–Trinajstić information content (AvgIpc) is 3.41. The molecule has 0 aromatic carbocycles. The van der Waals surface area contributed by atoms with Crippen LogP contribution in [0, 0.1) is 0 Å². The first kappa shape index (κ1) is 72.1. The standard InChI is InChI=1S/C69H124O6/c1-4-7-10-13-16-19-21-23-25-27-29-31-32-33-34-35-36-38-39-41-43-45-47-50-53-56-59-62-68(71)74-65-66(64-73-67(70)61-58-55-52-49-18-15-12-9-6-3)75-69(72)63-60-57-54-51-48-46-44-42-40-37-30-28-26-24-22-20-17-14-11-8-5-2/h21-24,27-30,32-33,66H,4-20,25-26,31,34-65H2,1-3H3/b23-21-,24-22-,29-27-,30-28-,33-32-. The van der Waals surface area contributed by atoms with Crippen molar-refractivity contribution in [2.75, 3.05) is 13.2 Å². The number of hydrogen-bond donors (Lipinski definition) is 0. The first-order chi connectivity index (χ1) is 37.0. The maximum atomic E-state index is 12.9. The molecule has 1 unspecified atom stereocenters. The van der Waals surface area contributed by atoms with Crippen LogP contribution in [0.15, 0.2) is 60.8 Å². The molecule has 6 heteroatoms. The zero-order valence-electron chi connectivity index (χ0n) is 50.1. The molecule has 75 heavy (non-hydrogen) atoms. The lowest BCUT2D eigenvalue weighted by Gasteiger charge is -2.18. The third-order valence-electron chi connectivity index (χ3n) is 14.5. The van der Waals surface area contributed by atoms with Gasteiger partial charge in [0, 0.05) is 19.3 Å². The Morgan fingerprint density at radius 1 is 0.267 bits per heavy atom. The van der Waals surface area contributed by atoms with Crippen LogP contribution in [-0.4, -0.2) is 37.2 Å². The van der Waals surface area contributed by atoms with E-state index in [9.17, 15) is 14.4 Å². The van der Waals surface area contributed by atoms with Gasteiger partial charge in [-0.1, -0.05) is 293 Å². The van der Waals surface area contributed by atoms with Crippen LogP contribution in [0.1, 0.15) is 342 Å². The van der Waals surface area contributed by atoms with Crippen molar-refractivity contribution in [3.05, 3.63) is 60.8 Å². The Bertz CT molecular complexity index is 1340. The van der Waals surface area contributed by atoms with Crippen molar-refractivity contribution in [3.63, 3.8) is 0 Å². The highest BCUT2D eigenvalue weighted by Gasteiger charge is 2.19. The van der Waals surface area contributed by atoms with E-state index in [0.29, 0.717) is 19.3 Å². The maximum Gasteiger partial charge on any atom is 0.306 e. The Labute approximate surface area is 466 Å². The number of allylic oxidation sites excluding steroid dienone is 10. The average molecular weight is 1050 g/mol. The molecule has 0 aromatic heterocycles. The summed E-state index contributed by atoms with van der Waals surface area (Å²) in [6.45, 7) is 6.63. The molecular weight excluding hydrogens is 925 g/mol. The minimum atomic E-state index is -0.775. The molecule has 0 N–H and O–H groups in total. The van der Waals surface area contributed by atoms with Crippen molar-refractivity contribution in [1.82, 2.24) is 0 Å². The highest BCUT2D eigenvalue weighted by molar-refractivity contribution is 5.71. The molecular formula is C69H124O6. The van der Waals surface area contributed by atoms with Crippen molar-refractivity contribution in [3.8, 4) is 0 Å². The van der Waals surface area contributed by atoms with Crippen molar-refractivity contribution in [2.45, 2.75) is 348 Å². The van der Waals surface area contributed by atoms with E-state index in [0.717, 1.165) is 77.0 Å². The number of carbonyl (C=O) groups is 3. The summed E-state index contributed by atoms with van der Waals surface area (Å²) in [6.07, 6.45) is 81.0. The molecule has 436 valence electrons. The Hall–Kier alpha value is -2.89. The summed E-state index contributed by atoms with van der Waals surface area (Å²) in [7, 11) is 0. The molecule has 0 radical (unpaired) electrons. The predicted octanol–water partition coefficient (Wildman–Crippen LogP) is 22.3. The van der Waals surface area contributed by atoms with Crippen LogP contribution in [0.2, 0.25) is 0 Å². The molecule has 0 amide bonds. The summed E-state index contributed by atoms with van der Waals surface area (Å²) in [5.74, 6) is -0.866. The van der Waals surface area contributed by atoms with Gasteiger partial charge in [-0.2, -0.15) is 0 Å². The number of ether oxygens (including phenoxy) is 3. The van der Waals surface area contributed by atoms with Crippen LogP contribution < -0.4 is 0 Å². The van der Waals surface area contributed by atoms with E-state index in [1.165, 1.54) is 225 Å². The van der Waals surface area contributed by atoms with Gasteiger partial charge in [0.25, 0.3) is 0 Å². The van der Waals surface area contributed by atoms with Crippen LogP contribution in [0.5, 0.6) is 0 Å². The molecule has 0 aromatic rings. The molecule has 0 aliphatic heterocycles. The van der Waals surface area contributed by atoms with Gasteiger partial charge in [0.2, 0.25) is 0 Å². The largest absolute Gasteiger partial charge is 0.462 e. The Morgan fingerprint density at radius 3 is 0.747 bits per heavy atom. The number of carbonyl (C=O) groups excluding carboxylic acids is 3. The number of unbranched alkanes of at least 4 members (excludes halogenated alkanes) is 39. The van der Waals surface area contributed by atoms with Crippen molar-refractivity contribution >= 4 is 17.9 Å². The maximum absolute atomic E-state index is 12.9. The summed E-state index contributed by atoms with van der Waals surface area (Å²) < 4.78 is 16.9. The van der Waals surface area contributed by atoms with E-state index in [1.54, 1.807) is 0 Å². The SMILES string of the molecule is CCCCCCC/C=C\C/C=C\C/C=C\CCCCCCCCCCCCCCC(=O)OCC(COC(=O)CCCCCCCCCCC)OC(=O)CCCCCCCCCCC/C=C\C/C=C\CCCCCCC. The van der Waals surface area contributed by atoms with Gasteiger partial charge < -0.3 is 14.2 Å². The fourth-order valence-electron chi connectivity index (χ4n) is 9.54. The van der Waals surface area contributed by atoms with Crippen molar-refractivity contribution in [1.29, 1.82) is 0 Å². The lowest BCUT2D eigenvalue weighted by molar-refractivity contribution is -0.167. The minimum Gasteiger partial charge on any atom is -0.462 e. The fraction of sp³-hybridized carbons (Fsp3) is 0.812. The first-order valence-electron chi connectivity index (χ1n) is 32.8. The summed E-state index contributed by atoms with van der Waals surface area (Å²) in [4.78, 5) is 38.2. The molecule has 0 rings (SSSR count).